The van der Waals surface area contributed by atoms with Gasteiger partial charge in [0.1, 0.15) is 11.2 Å². The van der Waals surface area contributed by atoms with Gasteiger partial charge >= 0.3 is 11.9 Å². The summed E-state index contributed by atoms with van der Waals surface area (Å²) in [6.45, 7) is 4.06. The third-order valence-electron chi connectivity index (χ3n) is 10.2. The summed E-state index contributed by atoms with van der Waals surface area (Å²) < 4.78 is 17.5. The van der Waals surface area contributed by atoms with E-state index in [0.29, 0.717) is 44.1 Å². The van der Waals surface area contributed by atoms with E-state index in [9.17, 15) is 24.6 Å². The van der Waals surface area contributed by atoms with Crippen LogP contribution in [-0.2, 0) is 28.6 Å². The van der Waals surface area contributed by atoms with Gasteiger partial charge in [-0.1, -0.05) is 13.8 Å². The van der Waals surface area contributed by atoms with Crippen LogP contribution in [0.5, 0.6) is 0 Å². The van der Waals surface area contributed by atoms with Crippen molar-refractivity contribution >= 4 is 17.7 Å². The van der Waals surface area contributed by atoms with Crippen LogP contribution in [0.25, 0.3) is 0 Å². The molecule has 0 aromatic rings. The quantitative estimate of drug-likeness (QED) is 0.453. The Kier molecular flexibility index (Phi) is 3.91. The summed E-state index contributed by atoms with van der Waals surface area (Å²) in [4.78, 5) is 37.5. The van der Waals surface area contributed by atoms with Crippen molar-refractivity contribution in [3.63, 3.8) is 0 Å². The molecule has 2 aliphatic heterocycles. The molecule has 0 aromatic carbocycles. The van der Waals surface area contributed by atoms with Gasteiger partial charge < -0.3 is 24.4 Å². The SMILES string of the molecule is COC(=O)C1C2C3[C@@H](O)C[C@@]4(CCC(=O)O4)[C@@]3(C)C[C@H]3O[C@@]23[C@@]2(C)CCC(=O)C=C2[C@@H]1O. The molecular formula is C24H30O8. The third kappa shape index (κ3) is 2.08. The van der Waals surface area contributed by atoms with Gasteiger partial charge in [0.2, 0.25) is 0 Å². The molecule has 2 saturated heterocycles. The van der Waals surface area contributed by atoms with Crippen LogP contribution in [0.15, 0.2) is 11.6 Å². The number of carbonyl (C=O) groups excluding carboxylic acids is 3. The molecule has 0 amide bonds. The second-order valence-corrected chi connectivity index (χ2v) is 11.2. The van der Waals surface area contributed by atoms with Crippen molar-refractivity contribution in [1.29, 1.82) is 0 Å². The Morgan fingerprint density at radius 2 is 1.88 bits per heavy atom. The van der Waals surface area contributed by atoms with Gasteiger partial charge in [0.05, 0.1) is 31.3 Å². The maximum atomic E-state index is 13.1. The Hall–Kier alpha value is -1.77. The van der Waals surface area contributed by atoms with Gasteiger partial charge in [0, 0.05) is 41.9 Å². The van der Waals surface area contributed by atoms with Crippen molar-refractivity contribution < 1.29 is 38.8 Å². The average molecular weight is 446 g/mol. The number of carbonyl (C=O) groups is 3. The van der Waals surface area contributed by atoms with Gasteiger partial charge in [-0.3, -0.25) is 14.4 Å². The fourth-order valence-electron chi connectivity index (χ4n) is 8.79. The number of methoxy groups -OCH3 is 1. The van der Waals surface area contributed by atoms with Crippen LogP contribution in [-0.4, -0.2) is 64.6 Å². The summed E-state index contributed by atoms with van der Waals surface area (Å²) in [5.41, 5.74) is -2.24. The number of hydrogen-bond acceptors (Lipinski definition) is 8. The van der Waals surface area contributed by atoms with E-state index in [-0.39, 0.29) is 17.9 Å². The van der Waals surface area contributed by atoms with E-state index in [1.54, 1.807) is 0 Å². The number of rotatable bonds is 1. The maximum Gasteiger partial charge on any atom is 0.312 e. The van der Waals surface area contributed by atoms with Gasteiger partial charge in [0.15, 0.2) is 5.78 Å². The third-order valence-corrected chi connectivity index (χ3v) is 10.2. The monoisotopic (exact) mass is 446 g/mol. The van der Waals surface area contributed by atoms with Crippen LogP contribution in [0.1, 0.15) is 52.4 Å². The van der Waals surface area contributed by atoms with Gasteiger partial charge in [-0.2, -0.15) is 0 Å². The standard InChI is InChI=1S/C24H30O8/c1-21-6-4-11(25)8-12(21)19(28)16(20(29)30-3)18-17-13(26)9-23(7-5-15(27)32-23)22(17,2)10-14-24(18,21)31-14/h8,13-14,16-19,26,28H,4-7,9-10H2,1-3H3/t13-,14+,16?,17?,18?,19-,21-,22-,23-,24+/m0/s1. The molecule has 6 rings (SSSR count). The fraction of sp³-hybridized carbons (Fsp3) is 0.792. The van der Waals surface area contributed by atoms with Crippen LogP contribution in [0.3, 0.4) is 0 Å². The molecule has 8 heteroatoms. The van der Waals surface area contributed by atoms with Gasteiger partial charge in [-0.25, -0.2) is 0 Å². The van der Waals surface area contributed by atoms with Crippen LogP contribution in [0.4, 0.5) is 0 Å². The minimum atomic E-state index is -1.20. The summed E-state index contributed by atoms with van der Waals surface area (Å²) in [6.07, 6.45) is 1.91. The minimum Gasteiger partial charge on any atom is -0.469 e. The second kappa shape index (κ2) is 6.02. The van der Waals surface area contributed by atoms with Crippen molar-refractivity contribution in [2.75, 3.05) is 7.11 Å². The average Bonchev–Trinajstić information content (AvgIpc) is 3.28. The minimum absolute atomic E-state index is 0.0643. The van der Waals surface area contributed by atoms with Crippen molar-refractivity contribution in [3.8, 4) is 0 Å². The zero-order valence-corrected chi connectivity index (χ0v) is 18.6. The lowest BCUT2D eigenvalue weighted by Crippen LogP contribution is -2.67. The molecule has 0 aromatic heterocycles. The number of epoxide rings is 1. The summed E-state index contributed by atoms with van der Waals surface area (Å²) >= 11 is 0. The first-order valence-corrected chi connectivity index (χ1v) is 11.6. The highest BCUT2D eigenvalue weighted by atomic mass is 16.6. The van der Waals surface area contributed by atoms with E-state index in [4.69, 9.17) is 14.2 Å². The Bertz CT molecular complexity index is 973. The molecule has 0 bridgehead atoms. The van der Waals surface area contributed by atoms with Crippen molar-refractivity contribution in [2.24, 2.45) is 28.6 Å². The van der Waals surface area contributed by atoms with Crippen molar-refractivity contribution in [1.82, 2.24) is 0 Å². The predicted molar refractivity (Wildman–Crippen MR) is 108 cm³/mol. The Balaban J connectivity index is 1.55. The molecule has 3 saturated carbocycles. The first-order valence-electron chi connectivity index (χ1n) is 11.6. The number of aliphatic hydroxyl groups excluding tert-OH is 2. The van der Waals surface area contributed by atoms with E-state index >= 15 is 0 Å². The number of fused-ring (bicyclic) bond motifs is 4. The summed E-state index contributed by atoms with van der Waals surface area (Å²) in [5.74, 6) is -2.80. The number of ether oxygens (including phenoxy) is 3. The Morgan fingerprint density at radius 3 is 2.53 bits per heavy atom. The molecule has 6 aliphatic rings. The molecule has 5 fully saturated rings. The van der Waals surface area contributed by atoms with Crippen molar-refractivity contribution in [2.45, 2.75) is 81.9 Å². The summed E-state index contributed by atoms with van der Waals surface area (Å²) in [5, 5.41) is 22.9. The highest BCUT2D eigenvalue weighted by Crippen LogP contribution is 2.78. The summed E-state index contributed by atoms with van der Waals surface area (Å²) in [6, 6.07) is 0. The zero-order chi connectivity index (χ0) is 22.8. The lowest BCUT2D eigenvalue weighted by atomic mass is 9.43. The van der Waals surface area contributed by atoms with E-state index < -0.39 is 58.0 Å². The van der Waals surface area contributed by atoms with E-state index in [0.717, 1.165) is 0 Å². The number of esters is 2. The lowest BCUT2D eigenvalue weighted by Gasteiger charge is -2.59. The smallest absolute Gasteiger partial charge is 0.312 e. The first-order chi connectivity index (χ1) is 15.0. The Morgan fingerprint density at radius 1 is 1.12 bits per heavy atom. The van der Waals surface area contributed by atoms with E-state index in [1.165, 1.54) is 13.2 Å². The maximum absolute atomic E-state index is 13.1. The fourth-order valence-corrected chi connectivity index (χ4v) is 8.79. The highest BCUT2D eigenvalue weighted by molar-refractivity contribution is 5.92. The molecule has 32 heavy (non-hydrogen) atoms. The number of ketones is 1. The molecule has 10 atom stereocenters. The van der Waals surface area contributed by atoms with Crippen LogP contribution < -0.4 is 0 Å². The first kappa shape index (κ1) is 20.8. The molecule has 4 aliphatic carbocycles. The van der Waals surface area contributed by atoms with Crippen LogP contribution in [0, 0.1) is 28.6 Å². The predicted octanol–water partition coefficient (Wildman–Crippen LogP) is 1.07. The lowest BCUT2D eigenvalue weighted by molar-refractivity contribution is -0.182. The molecule has 2 heterocycles. The topological polar surface area (TPSA) is 123 Å². The van der Waals surface area contributed by atoms with Crippen LogP contribution in [0.2, 0.25) is 0 Å². The molecule has 2 N–H and O–H groups in total. The molecular weight excluding hydrogens is 416 g/mol. The zero-order valence-electron chi connectivity index (χ0n) is 18.6. The van der Waals surface area contributed by atoms with Gasteiger partial charge in [0.25, 0.3) is 0 Å². The van der Waals surface area contributed by atoms with Crippen molar-refractivity contribution in [3.05, 3.63) is 11.6 Å². The molecule has 2 spiro atoms. The van der Waals surface area contributed by atoms with Crippen LogP contribution >= 0.6 is 0 Å². The second-order valence-electron chi connectivity index (χ2n) is 11.2. The highest BCUT2D eigenvalue weighted by Gasteiger charge is 2.86. The van der Waals surface area contributed by atoms with E-state index in [1.807, 2.05) is 13.8 Å². The molecule has 3 unspecified atom stereocenters. The van der Waals surface area contributed by atoms with E-state index in [2.05, 4.69) is 0 Å². The Labute approximate surface area is 186 Å². The molecule has 0 radical (unpaired) electrons. The molecule has 8 nitrogen and oxygen atoms in total. The number of hydrogen-bond donors (Lipinski definition) is 2. The normalized spacial score (nSPS) is 55.3. The van der Waals surface area contributed by atoms with Gasteiger partial charge in [-0.15, -0.1) is 0 Å². The largest absolute Gasteiger partial charge is 0.469 e. The summed E-state index contributed by atoms with van der Waals surface area (Å²) in [7, 11) is 1.29. The molecule has 174 valence electrons. The van der Waals surface area contributed by atoms with Gasteiger partial charge in [-0.05, 0) is 30.9 Å². The number of aliphatic hydroxyl groups is 2.